The first kappa shape index (κ1) is 13.5. The van der Waals surface area contributed by atoms with E-state index in [1.54, 1.807) is 0 Å². The van der Waals surface area contributed by atoms with Crippen LogP contribution < -0.4 is 5.32 Å². The Morgan fingerprint density at radius 2 is 2.00 bits per heavy atom. The Hall–Kier alpha value is -0.890. The highest BCUT2D eigenvalue weighted by atomic mass is 15.0. The summed E-state index contributed by atoms with van der Waals surface area (Å²) in [5, 5.41) is 3.79. The normalized spacial score (nSPS) is 28.9. The smallest absolute Gasteiger partial charge is 0.0295 e. The fourth-order valence-corrected chi connectivity index (χ4v) is 3.26. The highest BCUT2D eigenvalue weighted by Gasteiger charge is 2.32. The summed E-state index contributed by atoms with van der Waals surface area (Å²) in [4.78, 5) is 4.08. The van der Waals surface area contributed by atoms with E-state index >= 15 is 0 Å². The molecule has 0 amide bonds. The molecule has 1 N–H and O–H groups in total. The molecule has 1 aliphatic carbocycles. The van der Waals surface area contributed by atoms with Crippen LogP contribution in [0.5, 0.6) is 0 Å². The van der Waals surface area contributed by atoms with E-state index in [1.165, 1.54) is 24.8 Å². The highest BCUT2D eigenvalue weighted by molar-refractivity contribution is 5.14. The first-order chi connectivity index (χ1) is 8.48. The zero-order valence-electron chi connectivity index (χ0n) is 12.1. The number of rotatable bonds is 3. The Morgan fingerprint density at radius 3 is 2.61 bits per heavy atom. The van der Waals surface area contributed by atoms with Crippen molar-refractivity contribution in [3.63, 3.8) is 0 Å². The van der Waals surface area contributed by atoms with Gasteiger partial charge in [-0.2, -0.15) is 0 Å². The van der Waals surface area contributed by atoms with Crippen molar-refractivity contribution in [3.8, 4) is 0 Å². The second-order valence-corrected chi connectivity index (χ2v) is 6.66. The van der Waals surface area contributed by atoms with Gasteiger partial charge in [-0.25, -0.2) is 0 Å². The van der Waals surface area contributed by atoms with Gasteiger partial charge in [-0.3, -0.25) is 4.98 Å². The van der Waals surface area contributed by atoms with Crippen LogP contribution in [-0.4, -0.2) is 11.0 Å². The van der Waals surface area contributed by atoms with Crippen molar-refractivity contribution in [2.75, 3.05) is 0 Å². The number of nitrogens with one attached hydrogen (secondary N) is 1. The predicted octanol–water partition coefficient (Wildman–Crippen LogP) is 3.95. The van der Waals surface area contributed by atoms with Crippen molar-refractivity contribution in [1.29, 1.82) is 0 Å². The van der Waals surface area contributed by atoms with Crippen LogP contribution in [0.3, 0.4) is 0 Å². The third-order valence-corrected chi connectivity index (χ3v) is 4.36. The van der Waals surface area contributed by atoms with Crippen molar-refractivity contribution < 1.29 is 0 Å². The van der Waals surface area contributed by atoms with Gasteiger partial charge in [-0.1, -0.05) is 20.8 Å². The monoisotopic (exact) mass is 246 g/mol. The number of hydrogen-bond acceptors (Lipinski definition) is 2. The molecule has 0 spiro atoms. The molecule has 0 saturated heterocycles. The lowest BCUT2D eigenvalue weighted by atomic mass is 9.70. The van der Waals surface area contributed by atoms with Crippen molar-refractivity contribution in [2.24, 2.45) is 11.3 Å². The largest absolute Gasteiger partial charge is 0.307 e. The van der Waals surface area contributed by atoms with Gasteiger partial charge in [0.25, 0.3) is 0 Å². The molecule has 0 bridgehead atoms. The van der Waals surface area contributed by atoms with Crippen LogP contribution in [0.15, 0.2) is 24.5 Å². The fraction of sp³-hybridized carbons (Fsp3) is 0.688. The maximum absolute atomic E-state index is 4.08. The molecule has 2 nitrogen and oxygen atoms in total. The Balaban J connectivity index is 1.94. The summed E-state index contributed by atoms with van der Waals surface area (Å²) in [6, 6.07) is 5.28. The van der Waals surface area contributed by atoms with Crippen molar-refractivity contribution in [1.82, 2.24) is 10.3 Å². The van der Waals surface area contributed by atoms with Gasteiger partial charge in [-0.05, 0) is 55.2 Å². The lowest BCUT2D eigenvalue weighted by molar-refractivity contribution is 0.143. The van der Waals surface area contributed by atoms with Gasteiger partial charge in [0.05, 0.1) is 0 Å². The SMILES string of the molecule is CC1CC(C)(C)CCC1N[C@H](C)c1ccncc1. The fourth-order valence-electron chi connectivity index (χ4n) is 3.26. The van der Waals surface area contributed by atoms with Gasteiger partial charge in [0, 0.05) is 24.5 Å². The molecule has 0 aromatic carbocycles. The molecule has 1 heterocycles. The minimum Gasteiger partial charge on any atom is -0.307 e. The van der Waals surface area contributed by atoms with Gasteiger partial charge >= 0.3 is 0 Å². The van der Waals surface area contributed by atoms with Crippen LogP contribution in [0.4, 0.5) is 0 Å². The van der Waals surface area contributed by atoms with Crippen LogP contribution in [0, 0.1) is 11.3 Å². The zero-order valence-corrected chi connectivity index (χ0v) is 12.1. The molecule has 18 heavy (non-hydrogen) atoms. The van der Waals surface area contributed by atoms with E-state index in [0.29, 0.717) is 17.5 Å². The molecular formula is C16H26N2. The summed E-state index contributed by atoms with van der Waals surface area (Å²) < 4.78 is 0. The van der Waals surface area contributed by atoms with Crippen LogP contribution in [0.1, 0.15) is 58.6 Å². The lowest BCUT2D eigenvalue weighted by Crippen LogP contribution is -2.42. The molecule has 1 aromatic heterocycles. The van der Waals surface area contributed by atoms with E-state index in [0.717, 1.165) is 5.92 Å². The highest BCUT2D eigenvalue weighted by Crippen LogP contribution is 2.39. The summed E-state index contributed by atoms with van der Waals surface area (Å²) in [6.45, 7) is 9.43. The van der Waals surface area contributed by atoms with E-state index in [-0.39, 0.29) is 0 Å². The quantitative estimate of drug-likeness (QED) is 0.873. The molecule has 1 aliphatic rings. The van der Waals surface area contributed by atoms with Crippen LogP contribution in [-0.2, 0) is 0 Å². The average molecular weight is 246 g/mol. The Morgan fingerprint density at radius 1 is 1.33 bits per heavy atom. The lowest BCUT2D eigenvalue weighted by Gasteiger charge is -2.40. The van der Waals surface area contributed by atoms with E-state index in [1.807, 2.05) is 12.4 Å². The molecule has 1 aromatic rings. The molecule has 0 aliphatic heterocycles. The van der Waals surface area contributed by atoms with Gasteiger partial charge < -0.3 is 5.32 Å². The first-order valence-electron chi connectivity index (χ1n) is 7.14. The summed E-state index contributed by atoms with van der Waals surface area (Å²) >= 11 is 0. The summed E-state index contributed by atoms with van der Waals surface area (Å²) in [7, 11) is 0. The van der Waals surface area contributed by atoms with E-state index in [4.69, 9.17) is 0 Å². The predicted molar refractivity (Wildman–Crippen MR) is 76.4 cm³/mol. The summed E-state index contributed by atoms with van der Waals surface area (Å²) in [5.74, 6) is 0.762. The maximum Gasteiger partial charge on any atom is 0.0295 e. The number of hydrogen-bond donors (Lipinski definition) is 1. The second kappa shape index (κ2) is 5.40. The Bertz CT molecular complexity index is 372. The molecule has 100 valence electrons. The third kappa shape index (κ3) is 3.32. The Labute approximate surface area is 111 Å². The van der Waals surface area contributed by atoms with Crippen LogP contribution >= 0.6 is 0 Å². The third-order valence-electron chi connectivity index (χ3n) is 4.36. The number of pyridine rings is 1. The first-order valence-corrected chi connectivity index (χ1v) is 7.14. The molecule has 1 saturated carbocycles. The molecule has 0 radical (unpaired) electrons. The van der Waals surface area contributed by atoms with E-state index < -0.39 is 0 Å². The van der Waals surface area contributed by atoms with Gasteiger partial charge in [-0.15, -0.1) is 0 Å². The van der Waals surface area contributed by atoms with Gasteiger partial charge in [0.15, 0.2) is 0 Å². The van der Waals surface area contributed by atoms with E-state index in [9.17, 15) is 0 Å². The maximum atomic E-state index is 4.08. The molecule has 2 heteroatoms. The number of aromatic nitrogens is 1. The Kier molecular flexibility index (Phi) is 4.06. The molecular weight excluding hydrogens is 220 g/mol. The van der Waals surface area contributed by atoms with E-state index in [2.05, 4.69) is 50.1 Å². The molecule has 3 atom stereocenters. The van der Waals surface area contributed by atoms with Gasteiger partial charge in [0.2, 0.25) is 0 Å². The van der Waals surface area contributed by atoms with Crippen molar-refractivity contribution in [3.05, 3.63) is 30.1 Å². The average Bonchev–Trinajstić information content (AvgIpc) is 2.33. The second-order valence-electron chi connectivity index (χ2n) is 6.66. The molecule has 2 rings (SSSR count). The number of nitrogens with zero attached hydrogens (tertiary/aromatic N) is 1. The minimum atomic E-state index is 0.418. The standard InChI is InChI=1S/C16H26N2/c1-12-11-16(3,4)8-5-15(12)18-13(2)14-6-9-17-10-7-14/h6-7,9-10,12-13,15,18H,5,8,11H2,1-4H3/t12?,13-,15?/m1/s1. The zero-order chi connectivity index (χ0) is 13.2. The van der Waals surface area contributed by atoms with Crippen LogP contribution in [0.25, 0.3) is 0 Å². The summed E-state index contributed by atoms with van der Waals surface area (Å²) in [5.41, 5.74) is 1.86. The minimum absolute atomic E-state index is 0.418. The summed E-state index contributed by atoms with van der Waals surface area (Å²) in [6.07, 6.45) is 7.71. The van der Waals surface area contributed by atoms with Crippen LogP contribution in [0.2, 0.25) is 0 Å². The molecule has 1 fully saturated rings. The van der Waals surface area contributed by atoms with Crippen molar-refractivity contribution >= 4 is 0 Å². The van der Waals surface area contributed by atoms with Crippen molar-refractivity contribution in [2.45, 2.75) is 59.0 Å². The molecule has 2 unspecified atom stereocenters. The van der Waals surface area contributed by atoms with Gasteiger partial charge in [0.1, 0.15) is 0 Å². The topological polar surface area (TPSA) is 24.9 Å².